The highest BCUT2D eigenvalue weighted by molar-refractivity contribution is 5.91. The molecule has 2 amide bonds. The molecule has 7 nitrogen and oxygen atoms in total. The molecule has 2 saturated heterocycles. The second kappa shape index (κ2) is 7.15. The summed E-state index contributed by atoms with van der Waals surface area (Å²) in [6.07, 6.45) is 8.39. The fourth-order valence-electron chi connectivity index (χ4n) is 4.01. The van der Waals surface area contributed by atoms with Crippen molar-refractivity contribution in [1.29, 1.82) is 0 Å². The summed E-state index contributed by atoms with van der Waals surface area (Å²) in [5.41, 5.74) is 0. The lowest BCUT2D eigenvalue weighted by atomic mass is 9.97. The highest BCUT2D eigenvalue weighted by atomic mass is 16.5. The monoisotopic (exact) mass is 347 g/mol. The van der Waals surface area contributed by atoms with Crippen LogP contribution in [0.5, 0.6) is 0 Å². The van der Waals surface area contributed by atoms with Gasteiger partial charge in [0, 0.05) is 44.3 Å². The molecule has 0 spiro atoms. The van der Waals surface area contributed by atoms with Gasteiger partial charge in [-0.1, -0.05) is 0 Å². The maximum Gasteiger partial charge on any atom is 0.291 e. The zero-order chi connectivity index (χ0) is 17.2. The summed E-state index contributed by atoms with van der Waals surface area (Å²) in [5, 5.41) is 0. The van der Waals surface area contributed by atoms with Crippen LogP contribution >= 0.6 is 0 Å². The van der Waals surface area contributed by atoms with Crippen LogP contribution in [0.4, 0.5) is 0 Å². The summed E-state index contributed by atoms with van der Waals surface area (Å²) in [7, 11) is 0. The van der Waals surface area contributed by atoms with Crippen LogP contribution in [0.1, 0.15) is 49.1 Å². The molecule has 1 aromatic heterocycles. The molecule has 2 aliphatic heterocycles. The molecule has 136 valence electrons. The van der Waals surface area contributed by atoms with Crippen molar-refractivity contribution in [2.45, 2.75) is 50.6 Å². The zero-order valence-electron chi connectivity index (χ0n) is 14.4. The summed E-state index contributed by atoms with van der Waals surface area (Å²) in [5.74, 6) is 0.619. The first-order valence-electron chi connectivity index (χ1n) is 9.31. The zero-order valence-corrected chi connectivity index (χ0v) is 14.4. The molecule has 1 atom stereocenters. The maximum atomic E-state index is 13.0. The van der Waals surface area contributed by atoms with Crippen molar-refractivity contribution in [2.75, 3.05) is 26.3 Å². The topological polar surface area (TPSA) is 75.9 Å². The molecule has 0 bridgehead atoms. The van der Waals surface area contributed by atoms with E-state index >= 15 is 0 Å². The van der Waals surface area contributed by atoms with Crippen molar-refractivity contribution >= 4 is 11.8 Å². The summed E-state index contributed by atoms with van der Waals surface area (Å²) in [6.45, 7) is 2.71. The van der Waals surface area contributed by atoms with Crippen LogP contribution in [0.3, 0.4) is 0 Å². The van der Waals surface area contributed by atoms with Crippen molar-refractivity contribution < 1.29 is 18.7 Å². The van der Waals surface area contributed by atoms with Crippen LogP contribution in [0.15, 0.2) is 17.0 Å². The van der Waals surface area contributed by atoms with Crippen LogP contribution in [0, 0.1) is 5.92 Å². The lowest BCUT2D eigenvalue weighted by molar-refractivity contribution is -0.141. The molecule has 1 aliphatic carbocycles. The molecule has 4 rings (SSSR count). The van der Waals surface area contributed by atoms with Gasteiger partial charge in [0.15, 0.2) is 6.39 Å². The number of hydrogen-bond acceptors (Lipinski definition) is 5. The minimum atomic E-state index is -0.131. The van der Waals surface area contributed by atoms with Gasteiger partial charge in [-0.2, -0.15) is 0 Å². The second-order valence-electron chi connectivity index (χ2n) is 7.28. The quantitative estimate of drug-likeness (QED) is 0.828. The molecule has 3 fully saturated rings. The minimum Gasteiger partial charge on any atom is -0.438 e. The fraction of sp³-hybridized carbons (Fsp3) is 0.722. The van der Waals surface area contributed by atoms with Gasteiger partial charge in [-0.15, -0.1) is 0 Å². The number of amides is 2. The Hall–Kier alpha value is -1.89. The lowest BCUT2D eigenvalue weighted by Crippen LogP contribution is -2.56. The number of piperidine rings is 1. The van der Waals surface area contributed by atoms with E-state index in [4.69, 9.17) is 9.15 Å². The third kappa shape index (κ3) is 3.56. The standard InChI is InChI=1S/C18H25N3O4/c22-17(13-3-4-13)21(14-5-8-24-9-6-14)15-2-1-7-20(11-15)18(23)16-10-19-12-25-16/h10,12-15H,1-9,11H2. The second-order valence-corrected chi connectivity index (χ2v) is 7.28. The Balaban J connectivity index is 1.49. The molecule has 1 saturated carbocycles. The summed E-state index contributed by atoms with van der Waals surface area (Å²) in [4.78, 5) is 33.3. The first kappa shape index (κ1) is 16.6. The molecule has 25 heavy (non-hydrogen) atoms. The first-order valence-corrected chi connectivity index (χ1v) is 9.31. The average Bonchev–Trinajstić information content (AvgIpc) is 3.37. The summed E-state index contributed by atoms with van der Waals surface area (Å²) < 4.78 is 10.6. The molecular formula is C18H25N3O4. The smallest absolute Gasteiger partial charge is 0.291 e. The van der Waals surface area contributed by atoms with Gasteiger partial charge in [0.05, 0.1) is 6.20 Å². The molecule has 1 unspecified atom stereocenters. The number of carbonyl (C=O) groups is 2. The van der Waals surface area contributed by atoms with Crippen LogP contribution in [-0.2, 0) is 9.53 Å². The number of nitrogens with zero attached hydrogens (tertiary/aromatic N) is 3. The Morgan fingerprint density at radius 1 is 1.12 bits per heavy atom. The molecule has 3 aliphatic rings. The van der Waals surface area contributed by atoms with Crippen LogP contribution in [0.2, 0.25) is 0 Å². The van der Waals surface area contributed by atoms with Crippen molar-refractivity contribution in [1.82, 2.24) is 14.8 Å². The summed E-state index contributed by atoms with van der Waals surface area (Å²) >= 11 is 0. The summed E-state index contributed by atoms with van der Waals surface area (Å²) in [6, 6.07) is 0.337. The Bertz CT molecular complexity index is 608. The van der Waals surface area contributed by atoms with E-state index in [0.717, 1.165) is 38.5 Å². The molecule has 0 radical (unpaired) electrons. The molecule has 3 heterocycles. The number of rotatable bonds is 4. The number of aromatic nitrogens is 1. The fourth-order valence-corrected chi connectivity index (χ4v) is 4.01. The maximum absolute atomic E-state index is 13.0. The van der Waals surface area contributed by atoms with Gasteiger partial charge in [-0.25, -0.2) is 4.98 Å². The number of carbonyl (C=O) groups excluding carboxylic acids is 2. The van der Waals surface area contributed by atoms with E-state index in [9.17, 15) is 9.59 Å². The molecule has 0 N–H and O–H groups in total. The predicted molar refractivity (Wildman–Crippen MR) is 88.8 cm³/mol. The van der Waals surface area contributed by atoms with Crippen molar-refractivity contribution in [2.24, 2.45) is 5.92 Å². The van der Waals surface area contributed by atoms with Crippen LogP contribution in [-0.4, -0.2) is 65.0 Å². The van der Waals surface area contributed by atoms with Crippen LogP contribution < -0.4 is 0 Å². The van der Waals surface area contributed by atoms with Crippen LogP contribution in [0.25, 0.3) is 0 Å². The molecule has 1 aromatic rings. The van der Waals surface area contributed by atoms with Gasteiger partial charge in [0.2, 0.25) is 11.7 Å². The Labute approximate surface area is 147 Å². The molecule has 0 aromatic carbocycles. The van der Waals surface area contributed by atoms with E-state index in [-0.39, 0.29) is 35.6 Å². The van der Waals surface area contributed by atoms with Gasteiger partial charge < -0.3 is 19.0 Å². The van der Waals surface area contributed by atoms with Crippen molar-refractivity contribution in [3.05, 3.63) is 18.4 Å². The first-order chi connectivity index (χ1) is 12.2. The van der Waals surface area contributed by atoms with Gasteiger partial charge >= 0.3 is 0 Å². The molecule has 7 heteroatoms. The van der Waals surface area contributed by atoms with E-state index in [1.807, 2.05) is 0 Å². The normalized spacial score (nSPS) is 25.0. The number of likely N-dealkylation sites (tertiary alicyclic amines) is 1. The molecular weight excluding hydrogens is 322 g/mol. The van der Waals surface area contributed by atoms with Crippen molar-refractivity contribution in [3.8, 4) is 0 Å². The van der Waals surface area contributed by atoms with Gasteiger partial charge in [0.25, 0.3) is 5.91 Å². The average molecular weight is 347 g/mol. The SMILES string of the molecule is O=C(c1cnco1)N1CCCC(N(C(=O)C2CC2)C2CCOCC2)C1. The Kier molecular flexibility index (Phi) is 4.74. The largest absolute Gasteiger partial charge is 0.438 e. The van der Waals surface area contributed by atoms with Gasteiger partial charge in [0.1, 0.15) is 0 Å². The number of hydrogen-bond donors (Lipinski definition) is 0. The minimum absolute atomic E-state index is 0.0943. The third-order valence-corrected chi connectivity index (χ3v) is 5.49. The predicted octanol–water partition coefficient (Wildman–Crippen LogP) is 1.70. The number of oxazole rings is 1. The van der Waals surface area contributed by atoms with Crippen molar-refractivity contribution in [3.63, 3.8) is 0 Å². The van der Waals surface area contributed by atoms with E-state index in [2.05, 4.69) is 9.88 Å². The van der Waals surface area contributed by atoms with E-state index in [0.29, 0.717) is 26.3 Å². The van der Waals surface area contributed by atoms with Gasteiger partial charge in [-0.3, -0.25) is 9.59 Å². The van der Waals surface area contributed by atoms with E-state index in [1.54, 1.807) is 4.90 Å². The van der Waals surface area contributed by atoms with E-state index in [1.165, 1.54) is 12.6 Å². The highest BCUT2D eigenvalue weighted by Gasteiger charge is 2.41. The lowest BCUT2D eigenvalue weighted by Gasteiger charge is -2.44. The highest BCUT2D eigenvalue weighted by Crippen LogP contribution is 2.35. The third-order valence-electron chi connectivity index (χ3n) is 5.49. The van der Waals surface area contributed by atoms with Gasteiger partial charge in [-0.05, 0) is 38.5 Å². The van der Waals surface area contributed by atoms with E-state index < -0.39 is 0 Å². The number of ether oxygens (including phenoxy) is 1. The Morgan fingerprint density at radius 3 is 2.60 bits per heavy atom. The Morgan fingerprint density at radius 2 is 1.92 bits per heavy atom.